The predicted molar refractivity (Wildman–Crippen MR) is 96.0 cm³/mol. The molecule has 1 aliphatic rings. The number of carbonyl (C=O) groups excluding carboxylic acids is 1. The molecule has 0 spiro atoms. The first-order chi connectivity index (χ1) is 11.7. The summed E-state index contributed by atoms with van der Waals surface area (Å²) in [6, 6.07) is 10.3. The van der Waals surface area contributed by atoms with E-state index in [2.05, 4.69) is 22.4 Å². The molecule has 1 aromatic carbocycles. The number of benzene rings is 1. The van der Waals surface area contributed by atoms with Crippen molar-refractivity contribution >= 4 is 17.2 Å². The van der Waals surface area contributed by atoms with Crippen LogP contribution >= 0.6 is 11.3 Å². The molecule has 0 N–H and O–H groups in total. The predicted octanol–water partition coefficient (Wildman–Crippen LogP) is 3.54. The van der Waals surface area contributed by atoms with Crippen LogP contribution in [-0.4, -0.2) is 37.6 Å². The van der Waals surface area contributed by atoms with Gasteiger partial charge in [-0.25, -0.2) is 0 Å². The molecule has 1 heterocycles. The Balaban J connectivity index is 1.65. The molecule has 0 unspecified atom stereocenters. The molecular formula is C19H23NO3S. The van der Waals surface area contributed by atoms with Crippen LogP contribution in [0.2, 0.25) is 0 Å². The third kappa shape index (κ3) is 4.09. The molecule has 1 aromatic heterocycles. The van der Waals surface area contributed by atoms with Crippen LogP contribution in [0.25, 0.3) is 0 Å². The molecule has 5 heteroatoms. The number of thiophene rings is 1. The SMILES string of the molecule is COc1ccc(CC(=O)N(CCc2cccs2)C2CC2)cc1OC. The molecule has 0 bridgehead atoms. The van der Waals surface area contributed by atoms with Gasteiger partial charge in [0, 0.05) is 17.5 Å². The highest BCUT2D eigenvalue weighted by atomic mass is 32.1. The highest BCUT2D eigenvalue weighted by Crippen LogP contribution is 2.30. The Labute approximate surface area is 147 Å². The lowest BCUT2D eigenvalue weighted by Crippen LogP contribution is -2.35. The topological polar surface area (TPSA) is 38.8 Å². The smallest absolute Gasteiger partial charge is 0.227 e. The minimum Gasteiger partial charge on any atom is -0.493 e. The van der Waals surface area contributed by atoms with Gasteiger partial charge in [-0.15, -0.1) is 11.3 Å². The zero-order chi connectivity index (χ0) is 16.9. The van der Waals surface area contributed by atoms with E-state index in [1.807, 2.05) is 18.2 Å². The van der Waals surface area contributed by atoms with E-state index >= 15 is 0 Å². The van der Waals surface area contributed by atoms with Crippen molar-refractivity contribution < 1.29 is 14.3 Å². The van der Waals surface area contributed by atoms with Crippen LogP contribution in [0, 0.1) is 0 Å². The zero-order valence-electron chi connectivity index (χ0n) is 14.2. The van der Waals surface area contributed by atoms with Crippen molar-refractivity contribution in [2.45, 2.75) is 31.7 Å². The van der Waals surface area contributed by atoms with Crippen LogP contribution < -0.4 is 9.47 Å². The number of ether oxygens (including phenoxy) is 2. The Morgan fingerprint density at radius 1 is 1.21 bits per heavy atom. The van der Waals surface area contributed by atoms with Crippen molar-refractivity contribution in [1.82, 2.24) is 4.90 Å². The van der Waals surface area contributed by atoms with E-state index in [0.29, 0.717) is 24.0 Å². The monoisotopic (exact) mass is 345 g/mol. The van der Waals surface area contributed by atoms with Gasteiger partial charge in [0.2, 0.25) is 5.91 Å². The number of methoxy groups -OCH3 is 2. The number of rotatable bonds is 8. The first kappa shape index (κ1) is 16.8. The van der Waals surface area contributed by atoms with E-state index in [1.54, 1.807) is 25.6 Å². The minimum absolute atomic E-state index is 0.196. The van der Waals surface area contributed by atoms with Gasteiger partial charge in [-0.2, -0.15) is 0 Å². The lowest BCUT2D eigenvalue weighted by atomic mass is 10.1. The Hall–Kier alpha value is -2.01. The number of hydrogen-bond donors (Lipinski definition) is 0. The van der Waals surface area contributed by atoms with Gasteiger partial charge in [-0.05, 0) is 48.4 Å². The van der Waals surface area contributed by atoms with Crippen LogP contribution in [0.1, 0.15) is 23.3 Å². The minimum atomic E-state index is 0.196. The van der Waals surface area contributed by atoms with Crippen LogP contribution in [-0.2, 0) is 17.6 Å². The van der Waals surface area contributed by atoms with Crippen LogP contribution in [0.4, 0.5) is 0 Å². The van der Waals surface area contributed by atoms with E-state index in [0.717, 1.165) is 31.4 Å². The molecule has 0 atom stereocenters. The van der Waals surface area contributed by atoms with Gasteiger partial charge in [0.1, 0.15) is 0 Å². The summed E-state index contributed by atoms with van der Waals surface area (Å²) in [5.41, 5.74) is 0.958. The standard InChI is InChI=1S/C19H23NO3S/c1-22-17-8-5-14(12-18(17)23-2)13-19(21)20(15-6-7-15)10-9-16-4-3-11-24-16/h3-5,8,11-12,15H,6-7,9-10,13H2,1-2H3. The van der Waals surface area contributed by atoms with Gasteiger partial charge in [-0.1, -0.05) is 12.1 Å². The normalized spacial score (nSPS) is 13.6. The second-order valence-corrected chi connectivity index (χ2v) is 7.05. The van der Waals surface area contributed by atoms with Crippen LogP contribution in [0.5, 0.6) is 11.5 Å². The first-order valence-corrected chi connectivity index (χ1v) is 9.12. The highest BCUT2D eigenvalue weighted by molar-refractivity contribution is 7.09. The Bertz CT molecular complexity index is 680. The molecule has 2 aromatic rings. The van der Waals surface area contributed by atoms with Crippen molar-refractivity contribution in [3.63, 3.8) is 0 Å². The number of nitrogens with zero attached hydrogens (tertiary/aromatic N) is 1. The van der Waals surface area contributed by atoms with Crippen LogP contribution in [0.15, 0.2) is 35.7 Å². The molecular weight excluding hydrogens is 322 g/mol. The molecule has 0 radical (unpaired) electrons. The second-order valence-electron chi connectivity index (χ2n) is 6.01. The fourth-order valence-corrected chi connectivity index (χ4v) is 3.55. The first-order valence-electron chi connectivity index (χ1n) is 8.24. The molecule has 128 valence electrons. The Kier molecular flexibility index (Phi) is 5.41. The number of carbonyl (C=O) groups is 1. The summed E-state index contributed by atoms with van der Waals surface area (Å²) in [5, 5.41) is 2.09. The van der Waals surface area contributed by atoms with Gasteiger partial charge in [0.05, 0.1) is 20.6 Å². The number of hydrogen-bond acceptors (Lipinski definition) is 4. The van der Waals surface area contributed by atoms with Gasteiger partial charge in [0.25, 0.3) is 0 Å². The maximum Gasteiger partial charge on any atom is 0.227 e. The maximum atomic E-state index is 12.8. The lowest BCUT2D eigenvalue weighted by molar-refractivity contribution is -0.131. The second kappa shape index (κ2) is 7.71. The number of amides is 1. The summed E-state index contributed by atoms with van der Waals surface area (Å²) < 4.78 is 10.6. The summed E-state index contributed by atoms with van der Waals surface area (Å²) in [6.07, 6.45) is 3.59. The summed E-state index contributed by atoms with van der Waals surface area (Å²) in [4.78, 5) is 16.1. The van der Waals surface area contributed by atoms with Gasteiger partial charge < -0.3 is 14.4 Å². The van der Waals surface area contributed by atoms with Crippen molar-refractivity contribution in [2.24, 2.45) is 0 Å². The summed E-state index contributed by atoms with van der Waals surface area (Å²) >= 11 is 1.75. The maximum absolute atomic E-state index is 12.8. The van der Waals surface area contributed by atoms with E-state index < -0.39 is 0 Å². The highest BCUT2D eigenvalue weighted by Gasteiger charge is 2.32. The van der Waals surface area contributed by atoms with Crippen molar-refractivity contribution in [1.29, 1.82) is 0 Å². The van der Waals surface area contributed by atoms with Gasteiger partial charge in [0.15, 0.2) is 11.5 Å². The summed E-state index contributed by atoms with van der Waals surface area (Å²) in [5.74, 6) is 1.55. The molecule has 0 saturated heterocycles. The van der Waals surface area contributed by atoms with Crippen molar-refractivity contribution in [2.75, 3.05) is 20.8 Å². The molecule has 0 aliphatic heterocycles. The fraction of sp³-hybridized carbons (Fsp3) is 0.421. The third-order valence-electron chi connectivity index (χ3n) is 4.29. The summed E-state index contributed by atoms with van der Waals surface area (Å²) in [7, 11) is 3.23. The van der Waals surface area contributed by atoms with E-state index in [9.17, 15) is 4.79 Å². The molecule has 4 nitrogen and oxygen atoms in total. The van der Waals surface area contributed by atoms with Crippen LogP contribution in [0.3, 0.4) is 0 Å². The van der Waals surface area contributed by atoms with Crippen molar-refractivity contribution in [3.8, 4) is 11.5 Å². The lowest BCUT2D eigenvalue weighted by Gasteiger charge is -2.22. The Morgan fingerprint density at radius 3 is 2.62 bits per heavy atom. The molecule has 24 heavy (non-hydrogen) atoms. The van der Waals surface area contributed by atoms with E-state index in [1.165, 1.54) is 4.88 Å². The quantitative estimate of drug-likeness (QED) is 0.734. The molecule has 1 saturated carbocycles. The van der Waals surface area contributed by atoms with E-state index in [-0.39, 0.29) is 5.91 Å². The van der Waals surface area contributed by atoms with Gasteiger partial charge >= 0.3 is 0 Å². The average Bonchev–Trinajstić information content (AvgIpc) is 3.29. The van der Waals surface area contributed by atoms with E-state index in [4.69, 9.17) is 9.47 Å². The largest absolute Gasteiger partial charge is 0.493 e. The van der Waals surface area contributed by atoms with Gasteiger partial charge in [-0.3, -0.25) is 4.79 Å². The Morgan fingerprint density at radius 2 is 2.00 bits per heavy atom. The third-order valence-corrected chi connectivity index (χ3v) is 5.23. The fourth-order valence-electron chi connectivity index (χ4n) is 2.85. The summed E-state index contributed by atoms with van der Waals surface area (Å²) in [6.45, 7) is 0.803. The zero-order valence-corrected chi connectivity index (χ0v) is 15.0. The molecule has 1 aliphatic carbocycles. The molecule has 3 rings (SSSR count). The molecule has 1 amide bonds. The van der Waals surface area contributed by atoms with Crippen molar-refractivity contribution in [3.05, 3.63) is 46.2 Å². The molecule has 1 fully saturated rings. The average molecular weight is 345 g/mol.